The van der Waals surface area contributed by atoms with E-state index in [0.717, 1.165) is 21.5 Å². The van der Waals surface area contributed by atoms with Gasteiger partial charge in [-0.05, 0) is 44.5 Å². The third kappa shape index (κ3) is 2.34. The van der Waals surface area contributed by atoms with Gasteiger partial charge >= 0.3 is 0 Å². The molecule has 88 valence electrons. The molecule has 1 heterocycles. The van der Waals surface area contributed by atoms with Gasteiger partial charge < -0.3 is 4.57 Å². The maximum atomic E-state index is 11.4. The lowest BCUT2D eigenvalue weighted by molar-refractivity contribution is 0.913. The van der Waals surface area contributed by atoms with Gasteiger partial charge in [0.15, 0.2) is 5.43 Å². The highest BCUT2D eigenvalue weighted by molar-refractivity contribution is 9.10. The van der Waals surface area contributed by atoms with Crippen LogP contribution in [0, 0.1) is 20.8 Å². The Morgan fingerprint density at radius 1 is 1.00 bits per heavy atom. The van der Waals surface area contributed by atoms with Crippen molar-refractivity contribution in [1.29, 1.82) is 0 Å². The van der Waals surface area contributed by atoms with Crippen LogP contribution in [0.3, 0.4) is 0 Å². The topological polar surface area (TPSA) is 22.0 Å². The molecule has 1 aromatic carbocycles. The van der Waals surface area contributed by atoms with Crippen LogP contribution in [-0.4, -0.2) is 4.57 Å². The van der Waals surface area contributed by atoms with Gasteiger partial charge in [0, 0.05) is 33.7 Å². The molecule has 0 spiro atoms. The SMILES string of the molecule is Cc1cc(Br)ccc1-n1c(C)cc(=O)cc1C. The molecule has 0 fully saturated rings. The predicted molar refractivity (Wildman–Crippen MR) is 74.0 cm³/mol. The van der Waals surface area contributed by atoms with Crippen LogP contribution in [0.1, 0.15) is 17.0 Å². The van der Waals surface area contributed by atoms with E-state index in [-0.39, 0.29) is 5.43 Å². The Bertz CT molecular complexity index is 602. The maximum Gasteiger partial charge on any atom is 0.182 e. The lowest BCUT2D eigenvalue weighted by Crippen LogP contribution is -2.12. The van der Waals surface area contributed by atoms with Crippen LogP contribution in [0.5, 0.6) is 0 Å². The molecule has 2 nitrogen and oxygen atoms in total. The molecule has 1 aromatic heterocycles. The summed E-state index contributed by atoms with van der Waals surface area (Å²) in [6, 6.07) is 9.47. The minimum absolute atomic E-state index is 0.0611. The Balaban J connectivity index is 2.73. The van der Waals surface area contributed by atoms with Gasteiger partial charge in [0.05, 0.1) is 0 Å². The van der Waals surface area contributed by atoms with Crippen molar-refractivity contribution < 1.29 is 0 Å². The van der Waals surface area contributed by atoms with Gasteiger partial charge in [0.2, 0.25) is 0 Å². The lowest BCUT2D eigenvalue weighted by Gasteiger charge is -2.16. The number of pyridine rings is 1. The van der Waals surface area contributed by atoms with Gasteiger partial charge in [-0.2, -0.15) is 0 Å². The van der Waals surface area contributed by atoms with Crippen LogP contribution in [0.15, 0.2) is 39.6 Å². The van der Waals surface area contributed by atoms with Crippen molar-refractivity contribution in [2.45, 2.75) is 20.8 Å². The van der Waals surface area contributed by atoms with Crippen LogP contribution < -0.4 is 5.43 Å². The molecule has 3 heteroatoms. The normalized spacial score (nSPS) is 10.6. The van der Waals surface area contributed by atoms with Crippen molar-refractivity contribution in [1.82, 2.24) is 4.57 Å². The quantitative estimate of drug-likeness (QED) is 0.788. The standard InChI is InChI=1S/C14H14BrNO/c1-9-6-12(15)4-5-14(9)16-10(2)7-13(17)8-11(16)3/h4-8H,1-3H3. The van der Waals surface area contributed by atoms with E-state index in [4.69, 9.17) is 0 Å². The molecule has 0 unspecified atom stereocenters. The van der Waals surface area contributed by atoms with Crippen molar-refractivity contribution >= 4 is 15.9 Å². The second-order valence-electron chi connectivity index (χ2n) is 4.24. The minimum atomic E-state index is 0.0611. The molecular weight excluding hydrogens is 278 g/mol. The summed E-state index contributed by atoms with van der Waals surface area (Å²) < 4.78 is 3.17. The van der Waals surface area contributed by atoms with Crippen molar-refractivity contribution in [3.8, 4) is 5.69 Å². The highest BCUT2D eigenvalue weighted by atomic mass is 79.9. The summed E-state index contributed by atoms with van der Waals surface area (Å²) in [5, 5.41) is 0. The Labute approximate surface area is 109 Å². The molecule has 0 aliphatic carbocycles. The zero-order valence-corrected chi connectivity index (χ0v) is 11.7. The second-order valence-corrected chi connectivity index (χ2v) is 5.16. The number of aryl methyl sites for hydroxylation is 3. The van der Waals surface area contributed by atoms with Crippen LogP contribution in [-0.2, 0) is 0 Å². The molecule has 0 amide bonds. The smallest absolute Gasteiger partial charge is 0.182 e. The zero-order chi connectivity index (χ0) is 12.6. The fourth-order valence-electron chi connectivity index (χ4n) is 2.11. The van der Waals surface area contributed by atoms with E-state index in [0.29, 0.717) is 0 Å². The van der Waals surface area contributed by atoms with Crippen molar-refractivity contribution in [3.63, 3.8) is 0 Å². The molecule has 0 aliphatic rings. The minimum Gasteiger partial charge on any atom is -0.318 e. The van der Waals surface area contributed by atoms with Crippen molar-refractivity contribution in [2.75, 3.05) is 0 Å². The molecule has 0 bridgehead atoms. The average Bonchev–Trinajstić information content (AvgIpc) is 2.19. The molecule has 17 heavy (non-hydrogen) atoms. The Hall–Kier alpha value is -1.35. The van der Waals surface area contributed by atoms with Gasteiger partial charge in [-0.1, -0.05) is 15.9 Å². The van der Waals surface area contributed by atoms with E-state index >= 15 is 0 Å². The lowest BCUT2D eigenvalue weighted by atomic mass is 10.1. The van der Waals surface area contributed by atoms with Gasteiger partial charge in [0.1, 0.15) is 0 Å². The summed E-state index contributed by atoms with van der Waals surface area (Å²) in [7, 11) is 0. The van der Waals surface area contributed by atoms with Crippen LogP contribution in [0.2, 0.25) is 0 Å². The Morgan fingerprint density at radius 2 is 1.59 bits per heavy atom. The van der Waals surface area contributed by atoms with Crippen molar-refractivity contribution in [3.05, 3.63) is 62.0 Å². The summed E-state index contributed by atoms with van der Waals surface area (Å²) in [6.45, 7) is 5.98. The summed E-state index contributed by atoms with van der Waals surface area (Å²) in [6.07, 6.45) is 0. The highest BCUT2D eigenvalue weighted by Gasteiger charge is 2.06. The zero-order valence-electron chi connectivity index (χ0n) is 10.1. The first-order chi connectivity index (χ1) is 7.99. The summed E-state index contributed by atoms with van der Waals surface area (Å²) in [5.41, 5.74) is 4.27. The van der Waals surface area contributed by atoms with Gasteiger partial charge in [-0.3, -0.25) is 4.79 Å². The van der Waals surface area contributed by atoms with Gasteiger partial charge in [0.25, 0.3) is 0 Å². The van der Waals surface area contributed by atoms with Crippen molar-refractivity contribution in [2.24, 2.45) is 0 Å². The van der Waals surface area contributed by atoms with Gasteiger partial charge in [-0.15, -0.1) is 0 Å². The van der Waals surface area contributed by atoms with Crippen LogP contribution >= 0.6 is 15.9 Å². The number of benzene rings is 1. The number of halogens is 1. The highest BCUT2D eigenvalue weighted by Crippen LogP contribution is 2.21. The molecule has 0 atom stereocenters. The summed E-state index contributed by atoms with van der Waals surface area (Å²) >= 11 is 3.46. The monoisotopic (exact) mass is 291 g/mol. The van der Waals surface area contributed by atoms with Crippen LogP contribution in [0.4, 0.5) is 0 Å². The number of aromatic nitrogens is 1. The first-order valence-corrected chi connectivity index (χ1v) is 6.25. The Morgan fingerprint density at radius 3 is 2.12 bits per heavy atom. The summed E-state index contributed by atoms with van der Waals surface area (Å²) in [5.74, 6) is 0. The third-order valence-electron chi connectivity index (χ3n) is 2.81. The van der Waals surface area contributed by atoms with E-state index in [1.165, 1.54) is 5.56 Å². The Kier molecular flexibility index (Phi) is 3.20. The predicted octanol–water partition coefficient (Wildman–Crippen LogP) is 3.53. The molecule has 0 saturated heterocycles. The van der Waals surface area contributed by atoms with Gasteiger partial charge in [-0.25, -0.2) is 0 Å². The fraction of sp³-hybridized carbons (Fsp3) is 0.214. The molecule has 2 aromatic rings. The van der Waals surface area contributed by atoms with E-state index in [2.05, 4.69) is 39.6 Å². The average molecular weight is 292 g/mol. The molecule has 2 rings (SSSR count). The molecule has 0 N–H and O–H groups in total. The first kappa shape index (κ1) is 12.1. The first-order valence-electron chi connectivity index (χ1n) is 5.46. The molecular formula is C14H14BrNO. The fourth-order valence-corrected chi connectivity index (χ4v) is 2.59. The van der Waals surface area contributed by atoms with E-state index in [1.54, 1.807) is 12.1 Å². The number of rotatable bonds is 1. The maximum absolute atomic E-state index is 11.4. The number of hydrogen-bond donors (Lipinski definition) is 0. The molecule has 0 radical (unpaired) electrons. The molecule has 0 aliphatic heterocycles. The van der Waals surface area contributed by atoms with Crippen LogP contribution in [0.25, 0.3) is 5.69 Å². The van der Waals surface area contributed by atoms with E-state index < -0.39 is 0 Å². The molecule has 0 saturated carbocycles. The largest absolute Gasteiger partial charge is 0.318 e. The summed E-state index contributed by atoms with van der Waals surface area (Å²) in [4.78, 5) is 11.4. The third-order valence-corrected chi connectivity index (χ3v) is 3.30. The number of hydrogen-bond acceptors (Lipinski definition) is 1. The second kappa shape index (κ2) is 4.49. The van der Waals surface area contributed by atoms with E-state index in [9.17, 15) is 4.79 Å². The van der Waals surface area contributed by atoms with E-state index in [1.807, 2.05) is 19.9 Å². The number of nitrogens with zero attached hydrogens (tertiary/aromatic N) is 1.